The highest BCUT2D eigenvalue weighted by Gasteiger charge is 2.27. The van der Waals surface area contributed by atoms with E-state index < -0.39 is 0 Å². The molecule has 2 atom stereocenters. The van der Waals surface area contributed by atoms with Gasteiger partial charge in [-0.2, -0.15) is 0 Å². The summed E-state index contributed by atoms with van der Waals surface area (Å²) in [5, 5.41) is 5.57. The molecule has 1 N–H and O–H groups in total. The van der Waals surface area contributed by atoms with Crippen LogP contribution >= 0.6 is 23.1 Å². The van der Waals surface area contributed by atoms with E-state index in [-0.39, 0.29) is 6.10 Å². The van der Waals surface area contributed by atoms with Gasteiger partial charge in [-0.15, -0.1) is 23.1 Å². The molecular weight excluding hydrogens is 450 g/mol. The van der Waals surface area contributed by atoms with Crippen LogP contribution in [0.2, 0.25) is 0 Å². The fourth-order valence-corrected chi connectivity index (χ4v) is 5.09. The van der Waals surface area contributed by atoms with Crippen molar-refractivity contribution in [3.05, 3.63) is 82.0 Å². The minimum absolute atomic E-state index is 0.172. The summed E-state index contributed by atoms with van der Waals surface area (Å²) >= 11 is 3.49. The number of benzene rings is 2. The molecule has 0 radical (unpaired) electrons. The number of nitrogens with one attached hydrogen (secondary N) is 1. The predicted octanol–water partition coefficient (Wildman–Crippen LogP) is 6.12. The highest BCUT2D eigenvalue weighted by atomic mass is 32.2. The SMILES string of the molecule is CSc1ccc(COC2CNCCC2c2ccc(OCCCOCc3cccs3)cc2)cc1. The first kappa shape index (κ1) is 24.3. The zero-order valence-electron chi connectivity index (χ0n) is 19.2. The standard InChI is InChI=1S/C27H33NO3S2/c1-32-24-11-5-21(6-12-24)19-31-27-18-28-14-13-26(27)22-7-9-23(10-8-22)30-16-3-15-29-20-25-4-2-17-33-25/h2,4-12,17,26-28H,3,13-16,18-20H2,1H3. The lowest BCUT2D eigenvalue weighted by atomic mass is 9.87. The molecule has 1 fully saturated rings. The fourth-order valence-electron chi connectivity index (χ4n) is 4.04. The van der Waals surface area contributed by atoms with Crippen molar-refractivity contribution < 1.29 is 14.2 Å². The van der Waals surface area contributed by atoms with E-state index in [0.29, 0.717) is 32.3 Å². The molecule has 0 bridgehead atoms. The Hall–Kier alpha value is -1.83. The molecule has 33 heavy (non-hydrogen) atoms. The second kappa shape index (κ2) is 13.2. The van der Waals surface area contributed by atoms with Gasteiger partial charge in [-0.1, -0.05) is 30.3 Å². The minimum Gasteiger partial charge on any atom is -0.494 e. The van der Waals surface area contributed by atoms with Crippen molar-refractivity contribution in [2.75, 3.05) is 32.6 Å². The highest BCUT2D eigenvalue weighted by Crippen LogP contribution is 2.30. The molecule has 1 aromatic heterocycles. The smallest absolute Gasteiger partial charge is 0.119 e. The summed E-state index contributed by atoms with van der Waals surface area (Å²) in [5.41, 5.74) is 2.55. The number of ether oxygens (including phenoxy) is 3. The molecule has 176 valence electrons. The molecule has 1 aliphatic rings. The van der Waals surface area contributed by atoms with Gasteiger partial charge in [0.05, 0.1) is 32.5 Å². The van der Waals surface area contributed by atoms with E-state index >= 15 is 0 Å². The second-order valence-corrected chi connectivity index (χ2v) is 10.1. The van der Waals surface area contributed by atoms with Crippen molar-refractivity contribution in [1.82, 2.24) is 5.32 Å². The van der Waals surface area contributed by atoms with Crippen LogP contribution < -0.4 is 10.1 Å². The first-order valence-electron chi connectivity index (χ1n) is 11.6. The summed E-state index contributed by atoms with van der Waals surface area (Å²) in [6.45, 7) is 4.62. The van der Waals surface area contributed by atoms with Gasteiger partial charge in [0.25, 0.3) is 0 Å². The molecule has 2 heterocycles. The maximum absolute atomic E-state index is 6.36. The molecule has 4 nitrogen and oxygen atoms in total. The van der Waals surface area contributed by atoms with Crippen LogP contribution in [0, 0.1) is 0 Å². The molecule has 2 unspecified atom stereocenters. The van der Waals surface area contributed by atoms with E-state index in [1.54, 1.807) is 23.1 Å². The largest absolute Gasteiger partial charge is 0.494 e. The Morgan fingerprint density at radius 1 is 1.00 bits per heavy atom. The zero-order chi connectivity index (χ0) is 22.7. The van der Waals surface area contributed by atoms with Gasteiger partial charge in [0.2, 0.25) is 0 Å². The Labute approximate surface area is 205 Å². The molecule has 0 saturated carbocycles. The summed E-state index contributed by atoms with van der Waals surface area (Å²) in [5.74, 6) is 1.31. The van der Waals surface area contributed by atoms with Gasteiger partial charge >= 0.3 is 0 Å². The van der Waals surface area contributed by atoms with Crippen LogP contribution in [-0.2, 0) is 22.7 Å². The molecule has 6 heteroatoms. The van der Waals surface area contributed by atoms with Crippen LogP contribution in [0.25, 0.3) is 0 Å². The topological polar surface area (TPSA) is 39.7 Å². The van der Waals surface area contributed by atoms with Gasteiger partial charge in [-0.25, -0.2) is 0 Å². The number of hydrogen-bond donors (Lipinski definition) is 1. The first-order chi connectivity index (χ1) is 16.3. The Balaban J connectivity index is 1.21. The monoisotopic (exact) mass is 483 g/mol. The van der Waals surface area contributed by atoms with Crippen LogP contribution in [0.5, 0.6) is 5.75 Å². The number of hydrogen-bond acceptors (Lipinski definition) is 6. The minimum atomic E-state index is 0.172. The van der Waals surface area contributed by atoms with Crippen LogP contribution in [0.1, 0.15) is 34.8 Å². The highest BCUT2D eigenvalue weighted by molar-refractivity contribution is 7.98. The lowest BCUT2D eigenvalue weighted by molar-refractivity contribution is 0.0106. The third kappa shape index (κ3) is 7.59. The van der Waals surface area contributed by atoms with E-state index in [9.17, 15) is 0 Å². The zero-order valence-corrected chi connectivity index (χ0v) is 20.8. The number of piperidine rings is 1. The van der Waals surface area contributed by atoms with E-state index in [2.05, 4.69) is 77.6 Å². The quantitative estimate of drug-likeness (QED) is 0.248. The Morgan fingerprint density at radius 3 is 2.61 bits per heavy atom. The average Bonchev–Trinajstić information content (AvgIpc) is 3.39. The van der Waals surface area contributed by atoms with Gasteiger partial charge in [-0.3, -0.25) is 0 Å². The Bertz CT molecular complexity index is 929. The third-order valence-corrected chi connectivity index (χ3v) is 7.48. The van der Waals surface area contributed by atoms with Gasteiger partial charge < -0.3 is 19.5 Å². The molecule has 4 rings (SSSR count). The molecule has 0 amide bonds. The number of rotatable bonds is 12. The molecule has 3 aromatic rings. The van der Waals surface area contributed by atoms with Crippen molar-refractivity contribution in [2.24, 2.45) is 0 Å². The van der Waals surface area contributed by atoms with Gasteiger partial charge in [-0.05, 0) is 66.1 Å². The third-order valence-electron chi connectivity index (χ3n) is 5.88. The Kier molecular flexibility index (Phi) is 9.69. The second-order valence-electron chi connectivity index (χ2n) is 8.20. The summed E-state index contributed by atoms with van der Waals surface area (Å²) in [7, 11) is 0. The summed E-state index contributed by atoms with van der Waals surface area (Å²) in [4.78, 5) is 2.55. The first-order valence-corrected chi connectivity index (χ1v) is 13.7. The van der Waals surface area contributed by atoms with E-state index in [0.717, 1.165) is 31.7 Å². The van der Waals surface area contributed by atoms with Crippen LogP contribution in [0.4, 0.5) is 0 Å². The maximum atomic E-state index is 6.36. The van der Waals surface area contributed by atoms with Gasteiger partial charge in [0.1, 0.15) is 5.75 Å². The maximum Gasteiger partial charge on any atom is 0.119 e. The average molecular weight is 484 g/mol. The van der Waals surface area contributed by atoms with Crippen molar-refractivity contribution >= 4 is 23.1 Å². The molecule has 0 aliphatic carbocycles. The van der Waals surface area contributed by atoms with Crippen molar-refractivity contribution in [3.8, 4) is 5.75 Å². The van der Waals surface area contributed by atoms with E-state index in [1.807, 2.05) is 0 Å². The molecule has 2 aromatic carbocycles. The molecule has 1 aliphatic heterocycles. The van der Waals surface area contributed by atoms with E-state index in [4.69, 9.17) is 14.2 Å². The van der Waals surface area contributed by atoms with Gasteiger partial charge in [0.15, 0.2) is 0 Å². The fraction of sp³-hybridized carbons (Fsp3) is 0.407. The van der Waals surface area contributed by atoms with Crippen molar-refractivity contribution in [1.29, 1.82) is 0 Å². The molecule has 1 saturated heterocycles. The van der Waals surface area contributed by atoms with Crippen LogP contribution in [0.3, 0.4) is 0 Å². The number of thiophene rings is 1. The number of thioether (sulfide) groups is 1. The lowest BCUT2D eigenvalue weighted by Gasteiger charge is -2.32. The van der Waals surface area contributed by atoms with Crippen molar-refractivity contribution in [2.45, 2.75) is 43.0 Å². The normalized spacial score (nSPS) is 18.3. The summed E-state index contributed by atoms with van der Waals surface area (Å²) in [6.07, 6.45) is 4.24. The summed E-state index contributed by atoms with van der Waals surface area (Å²) < 4.78 is 18.0. The molecular formula is C27H33NO3S2. The van der Waals surface area contributed by atoms with E-state index in [1.165, 1.54) is 20.9 Å². The lowest BCUT2D eigenvalue weighted by Crippen LogP contribution is -2.40. The van der Waals surface area contributed by atoms with Crippen molar-refractivity contribution in [3.63, 3.8) is 0 Å². The summed E-state index contributed by atoms with van der Waals surface area (Å²) in [6, 6.07) is 21.4. The van der Waals surface area contributed by atoms with Gasteiger partial charge in [0, 0.05) is 28.7 Å². The predicted molar refractivity (Wildman–Crippen MR) is 138 cm³/mol. The van der Waals surface area contributed by atoms with Crippen LogP contribution in [-0.4, -0.2) is 38.7 Å². The van der Waals surface area contributed by atoms with Crippen LogP contribution in [0.15, 0.2) is 70.9 Å². The Morgan fingerprint density at radius 2 is 1.85 bits per heavy atom. The molecule has 0 spiro atoms.